The van der Waals surface area contributed by atoms with Crippen LogP contribution < -0.4 is 15.5 Å². The van der Waals surface area contributed by atoms with E-state index in [4.69, 9.17) is 10.00 Å². The van der Waals surface area contributed by atoms with Gasteiger partial charge in [0.15, 0.2) is 0 Å². The maximum Gasteiger partial charge on any atom is 0.417 e. The van der Waals surface area contributed by atoms with Crippen molar-refractivity contribution in [2.24, 2.45) is 0 Å². The number of methoxy groups -OCH3 is 1. The van der Waals surface area contributed by atoms with Gasteiger partial charge < -0.3 is 25.2 Å². The van der Waals surface area contributed by atoms with Gasteiger partial charge in [-0.25, -0.2) is 4.79 Å². The molecule has 0 radical (unpaired) electrons. The zero-order valence-corrected chi connectivity index (χ0v) is 17.7. The van der Waals surface area contributed by atoms with Crippen molar-refractivity contribution in [1.82, 2.24) is 15.5 Å². The quantitative estimate of drug-likeness (QED) is 0.617. The fourth-order valence-corrected chi connectivity index (χ4v) is 3.58. The molecule has 3 amide bonds. The number of hydrogen-bond acceptors (Lipinski definition) is 5. The number of hydrogen-bond donors (Lipinski definition) is 2. The highest BCUT2D eigenvalue weighted by molar-refractivity contribution is 5.88. The molecule has 0 aromatic heterocycles. The van der Waals surface area contributed by atoms with Gasteiger partial charge in [-0.3, -0.25) is 4.79 Å². The number of amides is 3. The van der Waals surface area contributed by atoms with Gasteiger partial charge >= 0.3 is 12.2 Å². The van der Waals surface area contributed by atoms with Crippen molar-refractivity contribution in [3.63, 3.8) is 0 Å². The van der Waals surface area contributed by atoms with Crippen molar-refractivity contribution < 1.29 is 27.5 Å². The number of nitrogens with zero attached hydrogens (tertiary/aromatic N) is 3. The van der Waals surface area contributed by atoms with E-state index in [-0.39, 0.29) is 37.3 Å². The molecule has 1 atom stereocenters. The molecule has 0 spiro atoms. The summed E-state index contributed by atoms with van der Waals surface area (Å²) in [7, 11) is 1.56. The molecule has 2 N–H and O–H groups in total. The number of benzene rings is 1. The largest absolute Gasteiger partial charge is 0.417 e. The Labute approximate surface area is 184 Å². The lowest BCUT2D eigenvalue weighted by molar-refractivity contribution is -0.137. The third kappa shape index (κ3) is 5.82. The first-order valence-electron chi connectivity index (χ1n) is 10.4. The molecule has 2 aliphatic rings. The molecule has 3 rings (SSSR count). The number of anilines is 1. The van der Waals surface area contributed by atoms with E-state index >= 15 is 0 Å². The second-order valence-corrected chi connectivity index (χ2v) is 7.86. The van der Waals surface area contributed by atoms with E-state index in [0.29, 0.717) is 19.6 Å². The van der Waals surface area contributed by atoms with Crippen LogP contribution in [0.4, 0.5) is 23.7 Å². The Balaban J connectivity index is 1.77. The second kappa shape index (κ2) is 10.1. The fraction of sp³-hybridized carbons (Fsp3) is 0.571. The van der Waals surface area contributed by atoms with E-state index in [0.717, 1.165) is 25.0 Å². The molecule has 1 aliphatic heterocycles. The van der Waals surface area contributed by atoms with Gasteiger partial charge in [-0.1, -0.05) is 0 Å². The van der Waals surface area contributed by atoms with Crippen LogP contribution in [-0.4, -0.2) is 68.8 Å². The van der Waals surface area contributed by atoms with Gasteiger partial charge in [-0.05, 0) is 37.5 Å². The zero-order valence-electron chi connectivity index (χ0n) is 17.7. The molecule has 1 saturated carbocycles. The van der Waals surface area contributed by atoms with Crippen molar-refractivity contribution in [2.45, 2.75) is 37.5 Å². The van der Waals surface area contributed by atoms with Crippen molar-refractivity contribution in [2.75, 3.05) is 44.8 Å². The maximum atomic E-state index is 13.4. The van der Waals surface area contributed by atoms with Crippen LogP contribution in [0.15, 0.2) is 18.2 Å². The minimum Gasteiger partial charge on any atom is -0.385 e. The van der Waals surface area contributed by atoms with Crippen molar-refractivity contribution >= 4 is 17.6 Å². The standard InChI is InChI=1S/C21H26F3N5O3/c1-32-10-2-7-26-20(31)29-9-8-28(13-18(29)19(30)27-15-4-5-15)16-6-3-14(12-25)17(11-16)21(22,23)24/h3,6,11,15,18H,2,4-5,7-10,13H2,1H3,(H,26,31)(H,27,30). The lowest BCUT2D eigenvalue weighted by Crippen LogP contribution is -2.62. The summed E-state index contributed by atoms with van der Waals surface area (Å²) >= 11 is 0. The van der Waals surface area contributed by atoms with Gasteiger partial charge in [-0.15, -0.1) is 0 Å². The molecule has 1 aromatic rings. The summed E-state index contributed by atoms with van der Waals surface area (Å²) in [4.78, 5) is 28.6. The highest BCUT2D eigenvalue weighted by Gasteiger charge is 2.39. The van der Waals surface area contributed by atoms with E-state index in [1.807, 2.05) is 0 Å². The predicted molar refractivity (Wildman–Crippen MR) is 110 cm³/mol. The minimum absolute atomic E-state index is 0.0489. The molecule has 8 nitrogen and oxygen atoms in total. The Hall–Kier alpha value is -3.00. The molecule has 11 heteroatoms. The summed E-state index contributed by atoms with van der Waals surface area (Å²) in [6.45, 7) is 1.34. The van der Waals surface area contributed by atoms with Gasteiger partial charge in [0.05, 0.1) is 17.2 Å². The number of carbonyl (C=O) groups excluding carboxylic acids is 2. The lowest BCUT2D eigenvalue weighted by atomic mass is 10.0. The van der Waals surface area contributed by atoms with Gasteiger partial charge in [0.25, 0.3) is 0 Å². The Kier molecular flexibility index (Phi) is 7.45. The second-order valence-electron chi connectivity index (χ2n) is 7.86. The molecule has 174 valence electrons. The van der Waals surface area contributed by atoms with Gasteiger partial charge in [-0.2, -0.15) is 18.4 Å². The molecule has 1 aliphatic carbocycles. The lowest BCUT2D eigenvalue weighted by Gasteiger charge is -2.41. The highest BCUT2D eigenvalue weighted by Crippen LogP contribution is 2.35. The Morgan fingerprint density at radius 1 is 1.28 bits per heavy atom. The minimum atomic E-state index is -4.67. The molecule has 2 fully saturated rings. The SMILES string of the molecule is COCCCNC(=O)N1CCN(c2ccc(C#N)c(C(F)(F)F)c2)CC1C(=O)NC1CC1. The van der Waals surface area contributed by atoms with Crippen LogP contribution in [0.5, 0.6) is 0 Å². The van der Waals surface area contributed by atoms with Crippen LogP contribution in [0.25, 0.3) is 0 Å². The predicted octanol–water partition coefficient (Wildman–Crippen LogP) is 2.09. The highest BCUT2D eigenvalue weighted by atomic mass is 19.4. The summed E-state index contributed by atoms with van der Waals surface area (Å²) < 4.78 is 45.1. The summed E-state index contributed by atoms with van der Waals surface area (Å²) in [6, 6.07) is 3.89. The van der Waals surface area contributed by atoms with E-state index in [1.54, 1.807) is 18.1 Å². The molecule has 1 unspecified atom stereocenters. The Morgan fingerprint density at radius 2 is 2.03 bits per heavy atom. The van der Waals surface area contributed by atoms with E-state index in [9.17, 15) is 22.8 Å². The third-order valence-corrected chi connectivity index (χ3v) is 5.46. The average molecular weight is 453 g/mol. The van der Waals surface area contributed by atoms with Crippen LogP contribution in [0.3, 0.4) is 0 Å². The molecule has 0 bridgehead atoms. The van der Waals surface area contributed by atoms with Crippen molar-refractivity contribution in [3.8, 4) is 6.07 Å². The van der Waals surface area contributed by atoms with E-state index in [2.05, 4.69) is 10.6 Å². The average Bonchev–Trinajstić information content (AvgIpc) is 3.59. The Morgan fingerprint density at radius 3 is 2.66 bits per heavy atom. The van der Waals surface area contributed by atoms with Crippen LogP contribution in [0.2, 0.25) is 0 Å². The number of alkyl halides is 3. The number of rotatable bonds is 7. The fourth-order valence-electron chi connectivity index (χ4n) is 3.58. The van der Waals surface area contributed by atoms with Crippen molar-refractivity contribution in [1.29, 1.82) is 5.26 Å². The van der Waals surface area contributed by atoms with Gasteiger partial charge in [0.1, 0.15) is 6.04 Å². The maximum absolute atomic E-state index is 13.4. The number of nitriles is 1. The molecular formula is C21H26F3N5O3. The first-order valence-corrected chi connectivity index (χ1v) is 10.4. The topological polar surface area (TPSA) is 97.7 Å². The summed E-state index contributed by atoms with van der Waals surface area (Å²) in [5.41, 5.74) is -1.23. The third-order valence-electron chi connectivity index (χ3n) is 5.46. The molecule has 1 saturated heterocycles. The number of ether oxygens (including phenoxy) is 1. The normalized spacial score (nSPS) is 18.8. The van der Waals surface area contributed by atoms with E-state index < -0.39 is 29.4 Å². The number of nitrogens with one attached hydrogen (secondary N) is 2. The number of carbonyl (C=O) groups is 2. The molecular weight excluding hydrogens is 427 g/mol. The monoisotopic (exact) mass is 453 g/mol. The summed E-state index contributed by atoms with van der Waals surface area (Å²) in [5.74, 6) is -0.325. The van der Waals surface area contributed by atoms with E-state index in [1.165, 1.54) is 11.0 Å². The number of piperazine rings is 1. The van der Waals surface area contributed by atoms with Crippen molar-refractivity contribution in [3.05, 3.63) is 29.3 Å². The van der Waals surface area contributed by atoms with Gasteiger partial charge in [0, 0.05) is 51.6 Å². The smallest absolute Gasteiger partial charge is 0.385 e. The summed E-state index contributed by atoms with van der Waals surface area (Å²) in [5, 5.41) is 14.7. The first kappa shape index (κ1) is 23.7. The summed E-state index contributed by atoms with van der Waals surface area (Å²) in [6.07, 6.45) is -2.31. The molecule has 32 heavy (non-hydrogen) atoms. The molecule has 1 aromatic carbocycles. The van der Waals surface area contributed by atoms with Crippen LogP contribution in [0, 0.1) is 11.3 Å². The number of halogens is 3. The molecule has 1 heterocycles. The van der Waals surface area contributed by atoms with Gasteiger partial charge in [0.2, 0.25) is 5.91 Å². The van der Waals surface area contributed by atoms with Crippen LogP contribution >= 0.6 is 0 Å². The van der Waals surface area contributed by atoms with Crippen LogP contribution in [-0.2, 0) is 15.7 Å². The zero-order chi connectivity index (χ0) is 23.3. The van der Waals surface area contributed by atoms with Crippen LogP contribution in [0.1, 0.15) is 30.4 Å². The number of urea groups is 1. The first-order chi connectivity index (χ1) is 15.2. The Bertz CT molecular complexity index is 882.